The Labute approximate surface area is 169 Å². The summed E-state index contributed by atoms with van der Waals surface area (Å²) in [6.07, 6.45) is 4.01. The van der Waals surface area contributed by atoms with E-state index in [0.29, 0.717) is 36.5 Å². The zero-order valence-electron chi connectivity index (χ0n) is 16.4. The van der Waals surface area contributed by atoms with Crippen LogP contribution in [0.5, 0.6) is 0 Å². The van der Waals surface area contributed by atoms with Crippen molar-refractivity contribution >= 4 is 11.8 Å². The summed E-state index contributed by atoms with van der Waals surface area (Å²) < 4.78 is 7.40. The van der Waals surface area contributed by atoms with E-state index < -0.39 is 0 Å². The molecule has 1 saturated heterocycles. The predicted molar refractivity (Wildman–Crippen MR) is 109 cm³/mol. The van der Waals surface area contributed by atoms with Gasteiger partial charge in [-0.1, -0.05) is 18.2 Å². The highest BCUT2D eigenvalue weighted by Gasteiger charge is 2.22. The number of aryl methyl sites for hydroxylation is 1. The van der Waals surface area contributed by atoms with E-state index in [-0.39, 0.29) is 11.8 Å². The second kappa shape index (κ2) is 8.34. The quantitative estimate of drug-likeness (QED) is 0.626. The van der Waals surface area contributed by atoms with Gasteiger partial charge in [0.25, 0.3) is 5.91 Å². The number of amides is 2. The number of rotatable bonds is 7. The highest BCUT2D eigenvalue weighted by Crippen LogP contribution is 2.25. The Hall–Kier alpha value is -3.35. The number of hydrogen-bond acceptors (Lipinski definition) is 4. The SMILES string of the molecule is Cc1ccc(-c2nn(-c3ccccc3)cc2C(=O)NCCCN2CCCC2=O)o1. The predicted octanol–water partition coefficient (Wildman–Crippen LogP) is 3.18. The fourth-order valence-electron chi connectivity index (χ4n) is 3.50. The van der Waals surface area contributed by atoms with Crippen molar-refractivity contribution in [2.45, 2.75) is 26.2 Å². The maximum atomic E-state index is 12.9. The van der Waals surface area contributed by atoms with Crippen molar-refractivity contribution in [2.24, 2.45) is 0 Å². The summed E-state index contributed by atoms with van der Waals surface area (Å²) in [7, 11) is 0. The maximum absolute atomic E-state index is 12.9. The highest BCUT2D eigenvalue weighted by molar-refractivity contribution is 5.99. The fraction of sp³-hybridized carbons (Fsp3) is 0.318. The summed E-state index contributed by atoms with van der Waals surface area (Å²) in [5.41, 5.74) is 1.83. The van der Waals surface area contributed by atoms with Crippen LogP contribution >= 0.6 is 0 Å². The third-order valence-electron chi connectivity index (χ3n) is 5.02. The lowest BCUT2D eigenvalue weighted by Gasteiger charge is -2.15. The topological polar surface area (TPSA) is 80.4 Å². The van der Waals surface area contributed by atoms with E-state index >= 15 is 0 Å². The molecule has 0 spiro atoms. The summed E-state index contributed by atoms with van der Waals surface area (Å²) in [6, 6.07) is 13.3. The Morgan fingerprint density at radius 1 is 1.21 bits per heavy atom. The van der Waals surface area contributed by atoms with Gasteiger partial charge in [-0.2, -0.15) is 5.10 Å². The molecule has 2 amide bonds. The number of hydrogen-bond donors (Lipinski definition) is 1. The number of likely N-dealkylation sites (tertiary alicyclic amines) is 1. The van der Waals surface area contributed by atoms with Crippen LogP contribution in [0.25, 0.3) is 17.1 Å². The Balaban J connectivity index is 1.49. The third kappa shape index (κ3) is 4.23. The first-order chi connectivity index (χ1) is 14.1. The number of nitrogens with one attached hydrogen (secondary N) is 1. The van der Waals surface area contributed by atoms with Crippen LogP contribution in [0.4, 0.5) is 0 Å². The molecule has 2 aromatic heterocycles. The average molecular weight is 392 g/mol. The van der Waals surface area contributed by atoms with Crippen molar-refractivity contribution in [1.29, 1.82) is 0 Å². The summed E-state index contributed by atoms with van der Waals surface area (Å²) >= 11 is 0. The molecule has 1 fully saturated rings. The smallest absolute Gasteiger partial charge is 0.255 e. The third-order valence-corrected chi connectivity index (χ3v) is 5.02. The minimum absolute atomic E-state index is 0.205. The lowest BCUT2D eigenvalue weighted by molar-refractivity contribution is -0.127. The second-order valence-electron chi connectivity index (χ2n) is 7.18. The van der Waals surface area contributed by atoms with Crippen LogP contribution in [0.1, 0.15) is 35.4 Å². The van der Waals surface area contributed by atoms with E-state index in [1.54, 1.807) is 10.9 Å². The Morgan fingerprint density at radius 3 is 2.72 bits per heavy atom. The number of nitrogens with zero attached hydrogens (tertiary/aromatic N) is 3. The van der Waals surface area contributed by atoms with Gasteiger partial charge in [0.1, 0.15) is 11.5 Å². The molecule has 3 heterocycles. The standard InChI is InChI=1S/C22H24N4O3/c1-16-10-11-19(29-16)21-18(15-26(24-21)17-7-3-2-4-8-17)22(28)23-12-6-14-25-13-5-9-20(25)27/h2-4,7-8,10-11,15H,5-6,9,12-14H2,1H3,(H,23,28). The number of carbonyl (C=O) groups excluding carboxylic acids is 2. The normalized spacial score (nSPS) is 13.8. The van der Waals surface area contributed by atoms with Gasteiger partial charge >= 0.3 is 0 Å². The molecule has 0 unspecified atom stereocenters. The molecule has 29 heavy (non-hydrogen) atoms. The number of benzene rings is 1. The van der Waals surface area contributed by atoms with E-state index in [9.17, 15) is 9.59 Å². The van der Waals surface area contributed by atoms with Crippen LogP contribution in [0, 0.1) is 6.92 Å². The largest absolute Gasteiger partial charge is 0.460 e. The minimum Gasteiger partial charge on any atom is -0.460 e. The first-order valence-corrected chi connectivity index (χ1v) is 9.90. The van der Waals surface area contributed by atoms with Crippen LogP contribution in [0.2, 0.25) is 0 Å². The summed E-state index contributed by atoms with van der Waals surface area (Å²) in [5, 5.41) is 7.54. The fourth-order valence-corrected chi connectivity index (χ4v) is 3.50. The number of furan rings is 1. The van der Waals surface area contributed by atoms with Gasteiger partial charge in [-0.15, -0.1) is 0 Å². The Morgan fingerprint density at radius 2 is 2.03 bits per heavy atom. The number of para-hydroxylation sites is 1. The van der Waals surface area contributed by atoms with Gasteiger partial charge < -0.3 is 14.6 Å². The molecule has 0 saturated carbocycles. The van der Waals surface area contributed by atoms with Crippen LogP contribution < -0.4 is 5.32 Å². The molecule has 0 atom stereocenters. The molecule has 1 N–H and O–H groups in total. The van der Waals surface area contributed by atoms with Gasteiger partial charge in [0.2, 0.25) is 5.91 Å². The monoisotopic (exact) mass is 392 g/mol. The molecule has 4 rings (SSSR count). The molecular formula is C22H24N4O3. The molecule has 1 aliphatic heterocycles. The summed E-state index contributed by atoms with van der Waals surface area (Å²) in [4.78, 5) is 26.4. The zero-order chi connectivity index (χ0) is 20.2. The Kier molecular flexibility index (Phi) is 5.46. The maximum Gasteiger partial charge on any atom is 0.255 e. The molecule has 0 radical (unpaired) electrons. The van der Waals surface area contributed by atoms with E-state index in [0.717, 1.165) is 30.8 Å². The molecule has 1 aliphatic rings. The average Bonchev–Trinajstić information content (AvgIpc) is 3.45. The zero-order valence-corrected chi connectivity index (χ0v) is 16.4. The first kappa shape index (κ1) is 19.0. The van der Waals surface area contributed by atoms with Crippen LogP contribution in [0.3, 0.4) is 0 Å². The van der Waals surface area contributed by atoms with Crippen molar-refractivity contribution in [3.63, 3.8) is 0 Å². The summed E-state index contributed by atoms with van der Waals surface area (Å²) in [6.45, 7) is 3.85. The lowest BCUT2D eigenvalue weighted by atomic mass is 10.2. The Bertz CT molecular complexity index is 1010. The van der Waals surface area contributed by atoms with Gasteiger partial charge in [0, 0.05) is 32.3 Å². The molecular weight excluding hydrogens is 368 g/mol. The van der Waals surface area contributed by atoms with Gasteiger partial charge in [-0.25, -0.2) is 4.68 Å². The molecule has 7 heteroatoms. The molecule has 7 nitrogen and oxygen atoms in total. The molecule has 1 aromatic carbocycles. The lowest BCUT2D eigenvalue weighted by Crippen LogP contribution is -2.30. The van der Waals surface area contributed by atoms with E-state index in [1.807, 2.05) is 54.3 Å². The first-order valence-electron chi connectivity index (χ1n) is 9.90. The van der Waals surface area contributed by atoms with Crippen molar-refractivity contribution in [3.8, 4) is 17.1 Å². The second-order valence-corrected chi connectivity index (χ2v) is 7.18. The van der Waals surface area contributed by atoms with Crippen LogP contribution in [-0.2, 0) is 4.79 Å². The van der Waals surface area contributed by atoms with Crippen molar-refractivity contribution < 1.29 is 14.0 Å². The van der Waals surface area contributed by atoms with Crippen LogP contribution in [0.15, 0.2) is 53.1 Å². The summed E-state index contributed by atoms with van der Waals surface area (Å²) in [5.74, 6) is 1.32. The van der Waals surface area contributed by atoms with Crippen molar-refractivity contribution in [2.75, 3.05) is 19.6 Å². The number of aromatic nitrogens is 2. The van der Waals surface area contributed by atoms with E-state index in [4.69, 9.17) is 4.42 Å². The van der Waals surface area contributed by atoms with Gasteiger partial charge in [-0.3, -0.25) is 9.59 Å². The highest BCUT2D eigenvalue weighted by atomic mass is 16.3. The van der Waals surface area contributed by atoms with Crippen molar-refractivity contribution in [3.05, 3.63) is 60.0 Å². The van der Waals surface area contributed by atoms with Crippen LogP contribution in [-0.4, -0.2) is 46.1 Å². The van der Waals surface area contributed by atoms with Gasteiger partial charge in [0.05, 0.1) is 11.3 Å². The minimum atomic E-state index is -0.205. The van der Waals surface area contributed by atoms with Crippen molar-refractivity contribution in [1.82, 2.24) is 20.0 Å². The van der Waals surface area contributed by atoms with E-state index in [1.165, 1.54) is 0 Å². The van der Waals surface area contributed by atoms with Gasteiger partial charge in [-0.05, 0) is 44.0 Å². The molecule has 150 valence electrons. The number of carbonyl (C=O) groups is 2. The molecule has 3 aromatic rings. The van der Waals surface area contributed by atoms with E-state index in [2.05, 4.69) is 10.4 Å². The molecule has 0 bridgehead atoms. The van der Waals surface area contributed by atoms with Gasteiger partial charge in [0.15, 0.2) is 5.76 Å². The molecule has 0 aliphatic carbocycles.